The highest BCUT2D eigenvalue weighted by Gasteiger charge is 2.39. The summed E-state index contributed by atoms with van der Waals surface area (Å²) in [6, 6.07) is 14.8. The Balaban J connectivity index is 1.59. The predicted molar refractivity (Wildman–Crippen MR) is 102 cm³/mol. The summed E-state index contributed by atoms with van der Waals surface area (Å²) >= 11 is 0. The molecule has 0 aromatic heterocycles. The van der Waals surface area contributed by atoms with Gasteiger partial charge in [-0.1, -0.05) is 42.5 Å². The highest BCUT2D eigenvalue weighted by atomic mass is 16.6. The Bertz CT molecular complexity index is 740. The standard InChI is InChI=1S/C21H28N2O2/c1-20(2,3)25-19(24)23-21(12-7-13-21)15-22-14-17-10-6-9-16-8-4-5-11-18(16)17/h4-6,8-11,22H,7,12-15H2,1-3H3,(H,23,24). The smallest absolute Gasteiger partial charge is 0.408 e. The molecular weight excluding hydrogens is 312 g/mol. The molecule has 2 N–H and O–H groups in total. The van der Waals surface area contributed by atoms with E-state index < -0.39 is 5.60 Å². The van der Waals surface area contributed by atoms with Crippen molar-refractivity contribution in [3.05, 3.63) is 48.0 Å². The molecule has 0 radical (unpaired) electrons. The van der Waals surface area contributed by atoms with E-state index in [1.807, 2.05) is 20.8 Å². The zero-order valence-corrected chi connectivity index (χ0v) is 15.4. The molecule has 1 amide bonds. The van der Waals surface area contributed by atoms with Crippen molar-refractivity contribution < 1.29 is 9.53 Å². The average molecular weight is 340 g/mol. The molecule has 1 aliphatic rings. The topological polar surface area (TPSA) is 50.4 Å². The number of carbonyl (C=O) groups excluding carboxylic acids is 1. The summed E-state index contributed by atoms with van der Waals surface area (Å²) < 4.78 is 5.41. The normalized spacial score (nSPS) is 16.3. The minimum absolute atomic E-state index is 0.174. The summed E-state index contributed by atoms with van der Waals surface area (Å²) in [6.07, 6.45) is 2.81. The van der Waals surface area contributed by atoms with Gasteiger partial charge in [-0.05, 0) is 56.4 Å². The highest BCUT2D eigenvalue weighted by Crippen LogP contribution is 2.31. The third-order valence-corrected chi connectivity index (χ3v) is 4.74. The molecule has 2 aromatic rings. The number of benzene rings is 2. The van der Waals surface area contributed by atoms with Gasteiger partial charge in [0.05, 0.1) is 5.54 Å². The first-order chi connectivity index (χ1) is 11.9. The van der Waals surface area contributed by atoms with Crippen LogP contribution in [0.1, 0.15) is 45.6 Å². The van der Waals surface area contributed by atoms with E-state index in [1.165, 1.54) is 16.3 Å². The Morgan fingerprint density at radius 1 is 1.12 bits per heavy atom. The lowest BCUT2D eigenvalue weighted by Crippen LogP contribution is -2.59. The number of hydrogen-bond acceptors (Lipinski definition) is 3. The van der Waals surface area contributed by atoms with E-state index in [0.29, 0.717) is 0 Å². The van der Waals surface area contributed by atoms with Gasteiger partial charge >= 0.3 is 6.09 Å². The molecule has 2 aromatic carbocycles. The van der Waals surface area contributed by atoms with Crippen molar-refractivity contribution in [1.82, 2.24) is 10.6 Å². The first-order valence-electron chi connectivity index (χ1n) is 9.06. The van der Waals surface area contributed by atoms with E-state index in [4.69, 9.17) is 4.74 Å². The maximum atomic E-state index is 12.1. The summed E-state index contributed by atoms with van der Waals surface area (Å²) in [7, 11) is 0. The number of rotatable bonds is 5. The van der Waals surface area contributed by atoms with Gasteiger partial charge in [0.2, 0.25) is 0 Å². The molecule has 4 nitrogen and oxygen atoms in total. The zero-order valence-electron chi connectivity index (χ0n) is 15.4. The lowest BCUT2D eigenvalue weighted by atomic mass is 9.76. The summed E-state index contributed by atoms with van der Waals surface area (Å²) in [6.45, 7) is 7.21. The Morgan fingerprint density at radius 3 is 2.52 bits per heavy atom. The number of alkyl carbamates (subject to hydrolysis) is 1. The molecule has 0 atom stereocenters. The molecule has 1 aliphatic carbocycles. The average Bonchev–Trinajstić information content (AvgIpc) is 2.51. The van der Waals surface area contributed by atoms with Crippen molar-refractivity contribution in [2.45, 2.75) is 57.7 Å². The van der Waals surface area contributed by atoms with E-state index in [1.54, 1.807) is 0 Å². The second kappa shape index (κ2) is 7.04. The fraction of sp³-hybridized carbons (Fsp3) is 0.476. The molecule has 4 heteroatoms. The molecule has 0 heterocycles. The molecular formula is C21H28N2O2. The van der Waals surface area contributed by atoms with Gasteiger partial charge in [-0.2, -0.15) is 0 Å². The predicted octanol–water partition coefficient (Wildman–Crippen LogP) is 4.38. The van der Waals surface area contributed by atoms with Gasteiger partial charge in [0.1, 0.15) is 5.60 Å². The van der Waals surface area contributed by atoms with Gasteiger partial charge in [0.15, 0.2) is 0 Å². The third-order valence-electron chi connectivity index (χ3n) is 4.74. The molecule has 0 saturated heterocycles. The van der Waals surface area contributed by atoms with Crippen molar-refractivity contribution in [2.75, 3.05) is 6.54 Å². The number of amides is 1. The van der Waals surface area contributed by atoms with E-state index >= 15 is 0 Å². The maximum absolute atomic E-state index is 12.1. The van der Waals surface area contributed by atoms with Gasteiger partial charge in [-0.15, -0.1) is 0 Å². The van der Waals surface area contributed by atoms with Crippen molar-refractivity contribution in [3.8, 4) is 0 Å². The largest absolute Gasteiger partial charge is 0.444 e. The summed E-state index contributed by atoms with van der Waals surface area (Å²) in [5.74, 6) is 0. The van der Waals surface area contributed by atoms with Gasteiger partial charge in [-0.25, -0.2) is 4.79 Å². The van der Waals surface area contributed by atoms with Crippen LogP contribution in [0.3, 0.4) is 0 Å². The number of hydrogen-bond donors (Lipinski definition) is 2. The van der Waals surface area contributed by atoms with E-state index in [0.717, 1.165) is 32.4 Å². The first-order valence-corrected chi connectivity index (χ1v) is 9.06. The van der Waals surface area contributed by atoms with Crippen LogP contribution in [0.2, 0.25) is 0 Å². The molecule has 1 saturated carbocycles. The maximum Gasteiger partial charge on any atom is 0.408 e. The van der Waals surface area contributed by atoms with Crippen LogP contribution in [0.4, 0.5) is 4.79 Å². The van der Waals surface area contributed by atoms with Crippen LogP contribution in [0.5, 0.6) is 0 Å². The SMILES string of the molecule is CC(C)(C)OC(=O)NC1(CNCc2cccc3ccccc23)CCC1. The van der Waals surface area contributed by atoms with Gasteiger partial charge < -0.3 is 15.4 Å². The number of fused-ring (bicyclic) bond motifs is 1. The molecule has 1 fully saturated rings. The van der Waals surface area contributed by atoms with Gasteiger partial charge in [-0.3, -0.25) is 0 Å². The van der Waals surface area contributed by atoms with Gasteiger partial charge in [0.25, 0.3) is 0 Å². The van der Waals surface area contributed by atoms with Crippen molar-refractivity contribution in [3.63, 3.8) is 0 Å². The van der Waals surface area contributed by atoms with Crippen LogP contribution < -0.4 is 10.6 Å². The molecule has 3 rings (SSSR count). The van der Waals surface area contributed by atoms with E-state index in [9.17, 15) is 4.79 Å². The van der Waals surface area contributed by atoms with Crippen LogP contribution in [0.15, 0.2) is 42.5 Å². The lowest BCUT2D eigenvalue weighted by molar-refractivity contribution is 0.0382. The fourth-order valence-electron chi connectivity index (χ4n) is 3.35. The van der Waals surface area contributed by atoms with E-state index in [2.05, 4.69) is 53.1 Å². The highest BCUT2D eigenvalue weighted by molar-refractivity contribution is 5.85. The van der Waals surface area contributed by atoms with Gasteiger partial charge in [0, 0.05) is 13.1 Å². The zero-order chi connectivity index (χ0) is 17.9. The Kier molecular flexibility index (Phi) is 5.00. The molecule has 0 unspecified atom stereocenters. The molecule has 134 valence electrons. The van der Waals surface area contributed by atoms with Crippen LogP contribution >= 0.6 is 0 Å². The summed E-state index contributed by atoms with van der Waals surface area (Å²) in [5, 5.41) is 9.16. The van der Waals surface area contributed by atoms with Crippen LogP contribution in [0.25, 0.3) is 10.8 Å². The Morgan fingerprint density at radius 2 is 1.84 bits per heavy atom. The number of ether oxygens (including phenoxy) is 1. The molecule has 0 spiro atoms. The van der Waals surface area contributed by atoms with Crippen LogP contribution in [-0.4, -0.2) is 23.8 Å². The Hall–Kier alpha value is -2.07. The van der Waals surface area contributed by atoms with Crippen LogP contribution in [-0.2, 0) is 11.3 Å². The quantitative estimate of drug-likeness (QED) is 0.849. The van der Waals surface area contributed by atoms with Crippen molar-refractivity contribution in [1.29, 1.82) is 0 Å². The van der Waals surface area contributed by atoms with Crippen molar-refractivity contribution >= 4 is 16.9 Å². The fourth-order valence-corrected chi connectivity index (χ4v) is 3.35. The van der Waals surface area contributed by atoms with Crippen LogP contribution in [0, 0.1) is 0 Å². The summed E-state index contributed by atoms with van der Waals surface area (Å²) in [5.41, 5.74) is 0.642. The minimum Gasteiger partial charge on any atom is -0.444 e. The monoisotopic (exact) mass is 340 g/mol. The third kappa shape index (κ3) is 4.51. The number of nitrogens with one attached hydrogen (secondary N) is 2. The van der Waals surface area contributed by atoms with E-state index in [-0.39, 0.29) is 11.6 Å². The lowest BCUT2D eigenvalue weighted by Gasteiger charge is -2.43. The second-order valence-corrected chi connectivity index (χ2v) is 8.00. The first kappa shape index (κ1) is 17.7. The second-order valence-electron chi connectivity index (χ2n) is 8.00. The molecule has 0 bridgehead atoms. The number of carbonyl (C=O) groups is 1. The summed E-state index contributed by atoms with van der Waals surface area (Å²) in [4.78, 5) is 12.1. The molecule has 0 aliphatic heterocycles. The molecule has 25 heavy (non-hydrogen) atoms. The minimum atomic E-state index is -0.467. The Labute approximate surface area is 149 Å². The van der Waals surface area contributed by atoms with Crippen molar-refractivity contribution in [2.24, 2.45) is 0 Å².